The van der Waals surface area contributed by atoms with Gasteiger partial charge in [0.25, 0.3) is 5.91 Å². The number of fused-ring (bicyclic) bond motifs is 2. The van der Waals surface area contributed by atoms with Crippen molar-refractivity contribution < 1.29 is 14.3 Å². The third kappa shape index (κ3) is 1.68. The lowest BCUT2D eigenvalue weighted by molar-refractivity contribution is -0.193. The van der Waals surface area contributed by atoms with Crippen molar-refractivity contribution in [2.24, 2.45) is 21.6 Å². The molecule has 1 saturated carbocycles. The number of nitrogens with zero attached hydrogens (tertiary/aromatic N) is 3. The fourth-order valence-electron chi connectivity index (χ4n) is 4.32. The summed E-state index contributed by atoms with van der Waals surface area (Å²) < 4.78 is 11.6. The zero-order valence-corrected chi connectivity index (χ0v) is 14.3. The molecule has 1 spiro atoms. The Labute approximate surface area is 150 Å². The summed E-state index contributed by atoms with van der Waals surface area (Å²) in [6.45, 7) is 3.51. The number of hydrogen-bond donors (Lipinski definition) is 2. The zero-order valence-electron chi connectivity index (χ0n) is 14.3. The Bertz CT molecular complexity index is 914. The van der Waals surface area contributed by atoms with Crippen LogP contribution in [-0.2, 0) is 14.3 Å². The standard InChI is InChI=1S/C18H17N5O3/c1-10-7-25-18(26-10)17(9-20)14(16(17,8-19)15(21)23-18)12-3-5-13(6-4-12)22-11(2)24/h3-6,10,14H,7H2,1-2H3,(H2,21,23)(H,22,24)/t10-,14+,16+,17+,18-/m0/s1. The monoisotopic (exact) mass is 351 g/mol. The number of ether oxygens (including phenoxy) is 2. The van der Waals surface area contributed by atoms with E-state index in [1.807, 2.05) is 6.92 Å². The molecule has 4 rings (SSSR count). The molecular weight excluding hydrogens is 334 g/mol. The number of carbonyl (C=O) groups is 1. The largest absolute Gasteiger partial charge is 0.386 e. The SMILES string of the molecule is CC(=O)Nc1ccc([C@H]2[C@@]3(C#N)[C@]4(N=C(N)[C@@]23C#N)OC[C@H](C)O4)cc1. The molecule has 8 heteroatoms. The van der Waals surface area contributed by atoms with Crippen molar-refractivity contribution in [3.05, 3.63) is 29.8 Å². The molecule has 26 heavy (non-hydrogen) atoms. The van der Waals surface area contributed by atoms with Crippen LogP contribution in [0.15, 0.2) is 29.3 Å². The highest BCUT2D eigenvalue weighted by atomic mass is 16.8. The Hall–Kier alpha value is -2.94. The first-order valence-corrected chi connectivity index (χ1v) is 8.24. The van der Waals surface area contributed by atoms with E-state index in [0.717, 1.165) is 5.56 Å². The maximum absolute atomic E-state index is 11.2. The minimum absolute atomic E-state index is 0.0617. The molecule has 2 aliphatic heterocycles. The second-order valence-electron chi connectivity index (χ2n) is 6.89. The Morgan fingerprint density at radius 2 is 2.04 bits per heavy atom. The van der Waals surface area contributed by atoms with E-state index >= 15 is 0 Å². The van der Waals surface area contributed by atoms with Gasteiger partial charge in [0.1, 0.15) is 11.3 Å². The van der Waals surface area contributed by atoms with Crippen molar-refractivity contribution in [1.82, 2.24) is 0 Å². The number of rotatable bonds is 2. The Kier molecular flexibility index (Phi) is 3.20. The van der Waals surface area contributed by atoms with Crippen LogP contribution in [-0.4, -0.2) is 30.4 Å². The first kappa shape index (κ1) is 16.5. The summed E-state index contributed by atoms with van der Waals surface area (Å²) in [4.78, 5) is 15.4. The van der Waals surface area contributed by atoms with Crippen molar-refractivity contribution in [3.8, 4) is 12.1 Å². The Morgan fingerprint density at radius 1 is 1.35 bits per heavy atom. The van der Waals surface area contributed by atoms with Crippen LogP contribution in [0.2, 0.25) is 0 Å². The summed E-state index contributed by atoms with van der Waals surface area (Å²) >= 11 is 0. The predicted molar refractivity (Wildman–Crippen MR) is 90.4 cm³/mol. The molecule has 2 heterocycles. The first-order chi connectivity index (χ1) is 12.4. The number of amides is 1. The van der Waals surface area contributed by atoms with Gasteiger partial charge < -0.3 is 20.5 Å². The fourth-order valence-corrected chi connectivity index (χ4v) is 4.32. The summed E-state index contributed by atoms with van der Waals surface area (Å²) in [6.07, 6.45) is -0.255. The van der Waals surface area contributed by atoms with Gasteiger partial charge in [-0.3, -0.25) is 4.79 Å². The normalized spacial score (nSPS) is 39.6. The number of benzene rings is 1. The van der Waals surface area contributed by atoms with Crippen molar-refractivity contribution in [3.63, 3.8) is 0 Å². The molecule has 0 radical (unpaired) electrons. The van der Waals surface area contributed by atoms with Gasteiger partial charge in [0.05, 0.1) is 24.8 Å². The summed E-state index contributed by atoms with van der Waals surface area (Å²) in [7, 11) is 0. The van der Waals surface area contributed by atoms with E-state index in [-0.39, 0.29) is 24.5 Å². The van der Waals surface area contributed by atoms with E-state index in [9.17, 15) is 15.3 Å². The fraction of sp³-hybridized carbons (Fsp3) is 0.444. The molecule has 5 atom stereocenters. The lowest BCUT2D eigenvalue weighted by Gasteiger charge is -2.26. The molecule has 1 saturated heterocycles. The zero-order chi connectivity index (χ0) is 18.7. The van der Waals surface area contributed by atoms with Gasteiger partial charge in [-0.1, -0.05) is 12.1 Å². The van der Waals surface area contributed by atoms with Gasteiger partial charge in [-0.15, -0.1) is 0 Å². The first-order valence-electron chi connectivity index (χ1n) is 8.24. The number of nitrogens with two attached hydrogens (primary N) is 1. The van der Waals surface area contributed by atoms with E-state index in [2.05, 4.69) is 22.4 Å². The van der Waals surface area contributed by atoms with Gasteiger partial charge in [-0.05, 0) is 24.6 Å². The quantitative estimate of drug-likeness (QED) is 0.823. The van der Waals surface area contributed by atoms with Gasteiger partial charge in [-0.2, -0.15) is 10.5 Å². The summed E-state index contributed by atoms with van der Waals surface area (Å²) in [5.74, 6) is -2.20. The average molecular weight is 351 g/mol. The topological polar surface area (TPSA) is 134 Å². The molecule has 2 fully saturated rings. The molecule has 1 aromatic rings. The number of aliphatic imine (C=N–C) groups is 1. The van der Waals surface area contributed by atoms with E-state index in [1.54, 1.807) is 24.3 Å². The number of nitrogens with one attached hydrogen (secondary N) is 1. The molecule has 8 nitrogen and oxygen atoms in total. The molecule has 3 aliphatic rings. The third-order valence-electron chi connectivity index (χ3n) is 5.37. The number of carbonyl (C=O) groups excluding carboxylic acids is 1. The van der Waals surface area contributed by atoms with Crippen LogP contribution in [0.25, 0.3) is 0 Å². The van der Waals surface area contributed by atoms with Crippen LogP contribution >= 0.6 is 0 Å². The van der Waals surface area contributed by atoms with E-state index in [1.165, 1.54) is 6.92 Å². The molecular formula is C18H17N5O3. The van der Waals surface area contributed by atoms with Crippen LogP contribution in [0.1, 0.15) is 25.3 Å². The molecule has 0 aromatic heterocycles. The lowest BCUT2D eigenvalue weighted by atomic mass is 9.94. The lowest BCUT2D eigenvalue weighted by Crippen LogP contribution is -2.39. The van der Waals surface area contributed by atoms with E-state index < -0.39 is 22.7 Å². The molecule has 0 bridgehead atoms. The van der Waals surface area contributed by atoms with Crippen molar-refractivity contribution in [2.45, 2.75) is 31.8 Å². The van der Waals surface area contributed by atoms with Crippen LogP contribution in [0.5, 0.6) is 0 Å². The van der Waals surface area contributed by atoms with Crippen LogP contribution in [0.3, 0.4) is 0 Å². The van der Waals surface area contributed by atoms with Gasteiger partial charge in [0.2, 0.25) is 5.91 Å². The van der Waals surface area contributed by atoms with Gasteiger partial charge >= 0.3 is 0 Å². The highest BCUT2D eigenvalue weighted by Crippen LogP contribution is 2.82. The van der Waals surface area contributed by atoms with Gasteiger partial charge in [0, 0.05) is 18.5 Å². The number of nitriles is 2. The van der Waals surface area contributed by atoms with Gasteiger partial charge in [-0.25, -0.2) is 4.99 Å². The smallest absolute Gasteiger partial charge is 0.293 e. The second-order valence-corrected chi connectivity index (χ2v) is 6.89. The predicted octanol–water partition coefficient (Wildman–Crippen LogP) is 1.22. The molecule has 1 amide bonds. The minimum atomic E-state index is -1.55. The van der Waals surface area contributed by atoms with Crippen LogP contribution in [0.4, 0.5) is 5.69 Å². The average Bonchev–Trinajstić information content (AvgIpc) is 2.99. The van der Waals surface area contributed by atoms with Crippen LogP contribution in [0, 0.1) is 33.5 Å². The minimum Gasteiger partial charge on any atom is -0.386 e. The van der Waals surface area contributed by atoms with Gasteiger partial charge in [0.15, 0.2) is 5.41 Å². The van der Waals surface area contributed by atoms with Crippen molar-refractivity contribution >= 4 is 17.4 Å². The summed E-state index contributed by atoms with van der Waals surface area (Å²) in [5.41, 5.74) is 4.85. The maximum atomic E-state index is 11.2. The molecule has 3 N–H and O–H groups in total. The maximum Gasteiger partial charge on any atom is 0.293 e. The van der Waals surface area contributed by atoms with E-state index in [0.29, 0.717) is 5.69 Å². The molecule has 0 unspecified atom stereocenters. The number of hydrogen-bond acceptors (Lipinski definition) is 7. The molecule has 1 aromatic carbocycles. The van der Waals surface area contributed by atoms with E-state index in [4.69, 9.17) is 15.2 Å². The highest BCUT2D eigenvalue weighted by molar-refractivity contribution is 6.00. The van der Waals surface area contributed by atoms with Crippen molar-refractivity contribution in [1.29, 1.82) is 10.5 Å². The molecule has 1 aliphatic carbocycles. The second kappa shape index (κ2) is 5.04. The number of amidine groups is 1. The summed E-state index contributed by atoms with van der Waals surface area (Å²) in [5, 5.41) is 22.7. The third-order valence-corrected chi connectivity index (χ3v) is 5.37. The van der Waals surface area contributed by atoms with Crippen molar-refractivity contribution in [2.75, 3.05) is 11.9 Å². The molecule has 132 valence electrons. The highest BCUT2D eigenvalue weighted by Gasteiger charge is 2.94. The summed E-state index contributed by atoms with van der Waals surface area (Å²) in [6, 6.07) is 11.4. The Balaban J connectivity index is 1.79. The Morgan fingerprint density at radius 3 is 2.54 bits per heavy atom. The number of anilines is 1. The van der Waals surface area contributed by atoms with Crippen LogP contribution < -0.4 is 11.1 Å².